The van der Waals surface area contributed by atoms with E-state index < -0.39 is 29.5 Å². The smallest absolute Gasteiger partial charge is 0.346 e. The van der Waals surface area contributed by atoms with Crippen molar-refractivity contribution in [3.63, 3.8) is 0 Å². The van der Waals surface area contributed by atoms with Crippen LogP contribution in [0.25, 0.3) is 0 Å². The number of esters is 1. The summed E-state index contributed by atoms with van der Waals surface area (Å²) in [5, 5.41) is 0. The van der Waals surface area contributed by atoms with Crippen LogP contribution in [-0.4, -0.2) is 25.8 Å². The number of unbranched alkanes of at least 4 members (excludes halogenated alkanes) is 10. The molecule has 0 spiro atoms. The first-order valence-corrected chi connectivity index (χ1v) is 17.7. The molecule has 2 aromatic rings. The summed E-state index contributed by atoms with van der Waals surface area (Å²) in [6.07, 6.45) is 22.0. The van der Waals surface area contributed by atoms with E-state index in [1.165, 1.54) is 102 Å². The molecule has 2 aromatic carbocycles. The highest BCUT2D eigenvalue weighted by Gasteiger charge is 2.24. The van der Waals surface area contributed by atoms with Gasteiger partial charge in [-0.3, -0.25) is 0 Å². The molecule has 0 N–H and O–H groups in total. The summed E-state index contributed by atoms with van der Waals surface area (Å²) < 4.78 is 52.2. The van der Waals surface area contributed by atoms with Gasteiger partial charge in [0.1, 0.15) is 5.75 Å². The quantitative estimate of drug-likeness (QED) is 0.0829. The van der Waals surface area contributed by atoms with Gasteiger partial charge in [-0.2, -0.15) is 4.39 Å². The number of hydrogen-bond acceptors (Lipinski definition) is 5. The number of halogens is 2. The van der Waals surface area contributed by atoms with Crippen molar-refractivity contribution < 1.29 is 32.5 Å². The molecule has 1 aliphatic carbocycles. The average Bonchev–Trinajstić information content (AvgIpc) is 3.58. The molecule has 2 fully saturated rings. The Balaban J connectivity index is 1.12. The van der Waals surface area contributed by atoms with E-state index in [0.717, 1.165) is 37.2 Å². The van der Waals surface area contributed by atoms with Crippen LogP contribution >= 0.6 is 0 Å². The van der Waals surface area contributed by atoms with Gasteiger partial charge in [0, 0.05) is 11.5 Å². The highest BCUT2D eigenvalue weighted by atomic mass is 19.2. The molecule has 0 unspecified atom stereocenters. The second-order valence-corrected chi connectivity index (χ2v) is 13.0. The van der Waals surface area contributed by atoms with Gasteiger partial charge in [-0.25, -0.2) is 9.18 Å². The van der Waals surface area contributed by atoms with E-state index in [4.69, 9.17) is 18.9 Å². The minimum atomic E-state index is -1.27. The second kappa shape index (κ2) is 19.9. The molecule has 0 aromatic heterocycles. The Morgan fingerprint density at radius 2 is 1.33 bits per heavy atom. The van der Waals surface area contributed by atoms with Crippen LogP contribution in [0.2, 0.25) is 0 Å². The molecule has 0 atom stereocenters. The van der Waals surface area contributed by atoms with Gasteiger partial charge in [0.2, 0.25) is 5.82 Å². The van der Waals surface area contributed by atoms with Gasteiger partial charge < -0.3 is 18.9 Å². The molecule has 1 saturated heterocycles. The fraction of sp³-hybridized carbons (Fsp3) is 0.658. The lowest BCUT2D eigenvalue weighted by Crippen LogP contribution is -2.27. The lowest BCUT2D eigenvalue weighted by Gasteiger charge is -2.29. The van der Waals surface area contributed by atoms with Gasteiger partial charge in [0.05, 0.1) is 25.4 Å². The molecular weight excluding hydrogens is 574 g/mol. The first-order valence-electron chi connectivity index (χ1n) is 17.7. The Bertz CT molecular complexity index is 1120. The fourth-order valence-corrected chi connectivity index (χ4v) is 6.49. The molecule has 250 valence electrons. The van der Waals surface area contributed by atoms with Crippen LogP contribution in [0.3, 0.4) is 0 Å². The van der Waals surface area contributed by atoms with Crippen LogP contribution < -0.4 is 9.47 Å². The Labute approximate surface area is 269 Å². The normalized spacial score (nSPS) is 18.7. The first kappa shape index (κ1) is 35.3. The summed E-state index contributed by atoms with van der Waals surface area (Å²) in [4.78, 5) is 12.6. The number of rotatable bonds is 20. The molecule has 1 aliphatic heterocycles. The number of ether oxygens (including phenoxy) is 4. The number of hydrogen-bond donors (Lipinski definition) is 0. The van der Waals surface area contributed by atoms with Gasteiger partial charge in [-0.1, -0.05) is 122 Å². The van der Waals surface area contributed by atoms with E-state index in [1.807, 2.05) is 0 Å². The van der Waals surface area contributed by atoms with Crippen LogP contribution in [0, 0.1) is 23.5 Å². The van der Waals surface area contributed by atoms with E-state index in [2.05, 4.69) is 6.92 Å². The van der Waals surface area contributed by atoms with Crippen molar-refractivity contribution in [3.8, 4) is 11.5 Å². The predicted molar refractivity (Wildman–Crippen MR) is 174 cm³/mol. The second-order valence-electron chi connectivity index (χ2n) is 13.0. The minimum Gasteiger partial charge on any atom is -0.490 e. The van der Waals surface area contributed by atoms with E-state index in [1.54, 1.807) is 24.3 Å². The van der Waals surface area contributed by atoms with Crippen molar-refractivity contribution in [1.82, 2.24) is 0 Å². The van der Waals surface area contributed by atoms with Gasteiger partial charge in [0.25, 0.3) is 0 Å². The topological polar surface area (TPSA) is 54.0 Å². The zero-order chi connectivity index (χ0) is 31.7. The maximum atomic E-state index is 14.8. The SMILES string of the molecule is CCCCCCCCC[C@H]1CO[C@H](c2ccc(OC(=O)c3ccc(OCCCCCCCC4CCCC4)c(F)c3F)cc2)OC1. The monoisotopic (exact) mass is 628 g/mol. The third-order valence-electron chi connectivity index (χ3n) is 9.30. The standard InChI is InChI=1S/C38H54F2O5/c1-2-3-4-5-6-8-12-19-30-27-43-38(44-28-30)31-20-22-32(23-21-31)45-37(41)33-24-25-34(36(40)35(33)39)42-26-15-10-7-9-11-16-29-17-13-14-18-29/h20-25,29-30,38H,2-19,26-28H2,1H3/t30-,38-. The molecule has 1 saturated carbocycles. The summed E-state index contributed by atoms with van der Waals surface area (Å²) >= 11 is 0. The summed E-state index contributed by atoms with van der Waals surface area (Å²) in [5.41, 5.74) is 0.337. The van der Waals surface area contributed by atoms with Crippen molar-refractivity contribution in [3.05, 3.63) is 59.2 Å². The minimum absolute atomic E-state index is 0.188. The predicted octanol–water partition coefficient (Wildman–Crippen LogP) is 10.9. The molecule has 0 radical (unpaired) electrons. The van der Waals surface area contributed by atoms with Crippen LogP contribution in [0.4, 0.5) is 8.78 Å². The van der Waals surface area contributed by atoms with Crippen molar-refractivity contribution >= 4 is 5.97 Å². The molecule has 5 nitrogen and oxygen atoms in total. The van der Waals surface area contributed by atoms with Crippen molar-refractivity contribution in [2.24, 2.45) is 11.8 Å². The first-order chi connectivity index (χ1) is 22.0. The highest BCUT2D eigenvalue weighted by Crippen LogP contribution is 2.31. The van der Waals surface area contributed by atoms with Crippen LogP contribution in [-0.2, 0) is 9.47 Å². The van der Waals surface area contributed by atoms with Crippen molar-refractivity contribution in [2.45, 2.75) is 129 Å². The van der Waals surface area contributed by atoms with Crippen molar-refractivity contribution in [1.29, 1.82) is 0 Å². The van der Waals surface area contributed by atoms with Gasteiger partial charge in [-0.05, 0) is 43.0 Å². The van der Waals surface area contributed by atoms with E-state index in [-0.39, 0.29) is 11.5 Å². The summed E-state index contributed by atoms with van der Waals surface area (Å²) in [7, 11) is 0. The molecule has 0 bridgehead atoms. The van der Waals surface area contributed by atoms with Crippen LogP contribution in [0.5, 0.6) is 11.5 Å². The average molecular weight is 629 g/mol. The van der Waals surface area contributed by atoms with E-state index in [9.17, 15) is 13.6 Å². The number of carbonyl (C=O) groups is 1. The van der Waals surface area contributed by atoms with Crippen LogP contribution in [0.1, 0.15) is 145 Å². The van der Waals surface area contributed by atoms with E-state index >= 15 is 0 Å². The van der Waals surface area contributed by atoms with Crippen LogP contribution in [0.15, 0.2) is 36.4 Å². The summed E-state index contributed by atoms with van der Waals surface area (Å²) in [6.45, 7) is 3.86. The Kier molecular flexibility index (Phi) is 15.6. The Morgan fingerprint density at radius 1 is 0.733 bits per heavy atom. The zero-order valence-electron chi connectivity index (χ0n) is 27.3. The highest BCUT2D eigenvalue weighted by molar-refractivity contribution is 5.91. The zero-order valence-corrected chi connectivity index (χ0v) is 27.3. The maximum Gasteiger partial charge on any atom is 0.346 e. The fourth-order valence-electron chi connectivity index (χ4n) is 6.49. The lowest BCUT2D eigenvalue weighted by molar-refractivity contribution is -0.206. The molecule has 2 aliphatic rings. The Morgan fingerprint density at radius 3 is 2.00 bits per heavy atom. The molecule has 45 heavy (non-hydrogen) atoms. The molecule has 1 heterocycles. The Hall–Kier alpha value is -2.51. The van der Waals surface area contributed by atoms with Gasteiger partial charge >= 0.3 is 5.97 Å². The van der Waals surface area contributed by atoms with Gasteiger partial charge in [0.15, 0.2) is 17.9 Å². The molecule has 0 amide bonds. The molecule has 4 rings (SSSR count). The summed E-state index contributed by atoms with van der Waals surface area (Å²) in [5.74, 6) is -2.04. The van der Waals surface area contributed by atoms with Crippen molar-refractivity contribution in [2.75, 3.05) is 19.8 Å². The maximum absolute atomic E-state index is 14.8. The lowest BCUT2D eigenvalue weighted by atomic mass is 9.99. The number of benzene rings is 2. The largest absolute Gasteiger partial charge is 0.490 e. The molecular formula is C38H54F2O5. The van der Waals surface area contributed by atoms with Gasteiger partial charge in [-0.15, -0.1) is 0 Å². The molecule has 7 heteroatoms. The third-order valence-corrected chi connectivity index (χ3v) is 9.30. The number of carbonyl (C=O) groups excluding carboxylic acids is 1. The third kappa shape index (κ3) is 12.0. The summed E-state index contributed by atoms with van der Waals surface area (Å²) in [6, 6.07) is 9.22. The van der Waals surface area contributed by atoms with E-state index in [0.29, 0.717) is 25.7 Å².